The van der Waals surface area contributed by atoms with E-state index in [1.807, 2.05) is 7.05 Å². The van der Waals surface area contributed by atoms with Crippen LogP contribution in [0.1, 0.15) is 36.5 Å². The van der Waals surface area contributed by atoms with Crippen molar-refractivity contribution >= 4 is 17.6 Å². The summed E-state index contributed by atoms with van der Waals surface area (Å²) in [6, 6.07) is 5.91. The molecule has 0 saturated carbocycles. The van der Waals surface area contributed by atoms with Gasteiger partial charge in [0, 0.05) is 38.3 Å². The van der Waals surface area contributed by atoms with Crippen molar-refractivity contribution in [1.29, 1.82) is 0 Å². The highest BCUT2D eigenvalue weighted by Crippen LogP contribution is 2.38. The number of nitrogens with zero attached hydrogens (tertiary/aromatic N) is 2. The van der Waals surface area contributed by atoms with Crippen LogP contribution < -0.4 is 0 Å². The lowest BCUT2D eigenvalue weighted by Crippen LogP contribution is -2.46. The fourth-order valence-electron chi connectivity index (χ4n) is 3.83. The zero-order chi connectivity index (χ0) is 18.1. The Balaban J connectivity index is 1.70. The van der Waals surface area contributed by atoms with E-state index in [4.69, 9.17) is 9.47 Å². The molecule has 2 saturated heterocycles. The SMILES string of the molecule is CC(=O)O[C@H]1C[C@@H]2C[C@@H](OC(=O)c3ccccc3[N+](=O)[O-])C[C@H]1N2C. The first-order chi connectivity index (χ1) is 11.9. The number of piperidine rings is 1. The lowest BCUT2D eigenvalue weighted by molar-refractivity contribution is -0.385. The number of hydrogen-bond donors (Lipinski definition) is 0. The third kappa shape index (κ3) is 3.48. The minimum atomic E-state index is -0.690. The Labute approximate surface area is 144 Å². The summed E-state index contributed by atoms with van der Waals surface area (Å²) >= 11 is 0. The van der Waals surface area contributed by atoms with Gasteiger partial charge in [0.2, 0.25) is 0 Å². The monoisotopic (exact) mass is 348 g/mol. The first-order valence-electron chi connectivity index (χ1n) is 8.20. The molecule has 2 aliphatic heterocycles. The van der Waals surface area contributed by atoms with E-state index in [0.29, 0.717) is 19.3 Å². The summed E-state index contributed by atoms with van der Waals surface area (Å²) < 4.78 is 10.9. The molecular weight excluding hydrogens is 328 g/mol. The Morgan fingerprint density at radius 1 is 1.20 bits per heavy atom. The molecule has 134 valence electrons. The van der Waals surface area contributed by atoms with Gasteiger partial charge in [0.25, 0.3) is 5.69 Å². The Morgan fingerprint density at radius 3 is 2.60 bits per heavy atom. The van der Waals surface area contributed by atoms with Gasteiger partial charge in [-0.25, -0.2) is 4.79 Å². The second-order valence-corrected chi connectivity index (χ2v) is 6.54. The second kappa shape index (κ2) is 6.79. The summed E-state index contributed by atoms with van der Waals surface area (Å²) in [6.07, 6.45) is 1.32. The molecule has 3 rings (SSSR count). The van der Waals surface area contributed by atoms with E-state index in [1.54, 1.807) is 6.07 Å². The molecule has 1 aromatic rings. The van der Waals surface area contributed by atoms with Crippen molar-refractivity contribution in [3.8, 4) is 0 Å². The highest BCUT2D eigenvalue weighted by Gasteiger charge is 2.47. The van der Waals surface area contributed by atoms with E-state index in [1.165, 1.54) is 25.1 Å². The molecule has 0 N–H and O–H groups in total. The molecule has 0 spiro atoms. The molecule has 2 bridgehead atoms. The zero-order valence-corrected chi connectivity index (χ0v) is 14.1. The van der Waals surface area contributed by atoms with Gasteiger partial charge in [-0.2, -0.15) is 0 Å². The summed E-state index contributed by atoms with van der Waals surface area (Å²) in [5, 5.41) is 11.1. The fourth-order valence-corrected chi connectivity index (χ4v) is 3.83. The Kier molecular flexibility index (Phi) is 4.71. The van der Waals surface area contributed by atoms with Gasteiger partial charge in [-0.05, 0) is 13.1 Å². The molecule has 0 aromatic heterocycles. The second-order valence-electron chi connectivity index (χ2n) is 6.54. The molecule has 2 fully saturated rings. The van der Waals surface area contributed by atoms with Crippen LogP contribution in [0, 0.1) is 10.1 Å². The first-order valence-corrected chi connectivity index (χ1v) is 8.20. The molecule has 0 radical (unpaired) electrons. The minimum absolute atomic E-state index is 0.00814. The molecule has 2 aliphatic rings. The van der Waals surface area contributed by atoms with Gasteiger partial charge in [-0.3, -0.25) is 19.8 Å². The Hall–Kier alpha value is -2.48. The van der Waals surface area contributed by atoms with Crippen LogP contribution in [0.3, 0.4) is 0 Å². The van der Waals surface area contributed by atoms with Crippen molar-refractivity contribution < 1.29 is 24.0 Å². The maximum Gasteiger partial charge on any atom is 0.345 e. The van der Waals surface area contributed by atoms with Gasteiger partial charge >= 0.3 is 11.9 Å². The molecule has 0 unspecified atom stereocenters. The van der Waals surface area contributed by atoms with Crippen LogP contribution in [0.4, 0.5) is 5.69 Å². The molecule has 1 aromatic carbocycles. The Morgan fingerprint density at radius 2 is 1.92 bits per heavy atom. The van der Waals surface area contributed by atoms with Gasteiger partial charge in [0.1, 0.15) is 17.8 Å². The van der Waals surface area contributed by atoms with E-state index in [-0.39, 0.29) is 41.5 Å². The van der Waals surface area contributed by atoms with Crippen LogP contribution in [0.15, 0.2) is 24.3 Å². The van der Waals surface area contributed by atoms with Crippen molar-refractivity contribution in [2.75, 3.05) is 7.05 Å². The summed E-state index contributed by atoms with van der Waals surface area (Å²) in [7, 11) is 1.97. The topological polar surface area (TPSA) is 99.0 Å². The maximum atomic E-state index is 12.4. The van der Waals surface area contributed by atoms with Gasteiger partial charge in [0.05, 0.1) is 11.0 Å². The van der Waals surface area contributed by atoms with Crippen LogP contribution in [-0.2, 0) is 14.3 Å². The molecule has 0 aliphatic carbocycles. The predicted molar refractivity (Wildman–Crippen MR) is 87.0 cm³/mol. The maximum absolute atomic E-state index is 12.4. The molecular formula is C17H20N2O6. The number of para-hydroxylation sites is 1. The molecule has 25 heavy (non-hydrogen) atoms. The van der Waals surface area contributed by atoms with Gasteiger partial charge < -0.3 is 9.47 Å². The average Bonchev–Trinajstić information content (AvgIpc) is 2.73. The number of fused-ring (bicyclic) bond motifs is 2. The van der Waals surface area contributed by atoms with Crippen molar-refractivity contribution in [2.24, 2.45) is 0 Å². The number of ether oxygens (including phenoxy) is 2. The van der Waals surface area contributed by atoms with Gasteiger partial charge in [-0.15, -0.1) is 0 Å². The van der Waals surface area contributed by atoms with E-state index in [2.05, 4.69) is 4.90 Å². The van der Waals surface area contributed by atoms with Crippen molar-refractivity contribution in [3.05, 3.63) is 39.9 Å². The first kappa shape index (κ1) is 17.3. The van der Waals surface area contributed by atoms with E-state index >= 15 is 0 Å². The zero-order valence-electron chi connectivity index (χ0n) is 14.1. The van der Waals surface area contributed by atoms with E-state index < -0.39 is 10.9 Å². The molecule has 2 heterocycles. The lowest BCUT2D eigenvalue weighted by atomic mass is 10.00. The predicted octanol–water partition coefficient (Wildman–Crippen LogP) is 1.92. The number of carbonyl (C=O) groups is 2. The normalized spacial score (nSPS) is 28.4. The smallest absolute Gasteiger partial charge is 0.345 e. The Bertz CT molecular complexity index is 706. The summed E-state index contributed by atoms with van der Waals surface area (Å²) in [5.41, 5.74) is -0.309. The van der Waals surface area contributed by atoms with E-state index in [0.717, 1.165) is 0 Å². The number of likely N-dealkylation sites (N-methyl/N-ethyl adjacent to an activating group) is 1. The van der Waals surface area contributed by atoms with Crippen LogP contribution in [0.25, 0.3) is 0 Å². The third-order valence-corrected chi connectivity index (χ3v) is 4.98. The number of esters is 2. The molecule has 8 heteroatoms. The standard InChI is InChI=1S/C17H20N2O6/c1-10(20)24-16-8-11-7-12(9-15(16)18(11)2)25-17(21)13-5-3-4-6-14(13)19(22)23/h3-6,11-12,15-16H,7-9H2,1-2H3/t11-,12+,15+,16-/m0/s1. The van der Waals surface area contributed by atoms with Crippen LogP contribution in [0.2, 0.25) is 0 Å². The summed E-state index contributed by atoms with van der Waals surface area (Å²) in [6.45, 7) is 1.38. The summed E-state index contributed by atoms with van der Waals surface area (Å²) in [4.78, 5) is 36.3. The van der Waals surface area contributed by atoms with Crippen molar-refractivity contribution in [2.45, 2.75) is 50.5 Å². The minimum Gasteiger partial charge on any atom is -0.461 e. The van der Waals surface area contributed by atoms with E-state index in [9.17, 15) is 19.7 Å². The highest BCUT2D eigenvalue weighted by molar-refractivity contribution is 5.93. The number of rotatable bonds is 4. The average molecular weight is 348 g/mol. The van der Waals surface area contributed by atoms with Gasteiger partial charge in [0.15, 0.2) is 0 Å². The number of carbonyl (C=O) groups excluding carboxylic acids is 2. The van der Waals surface area contributed by atoms with Crippen molar-refractivity contribution in [3.63, 3.8) is 0 Å². The molecule has 0 amide bonds. The molecule has 4 atom stereocenters. The van der Waals surface area contributed by atoms with Crippen LogP contribution in [0.5, 0.6) is 0 Å². The highest BCUT2D eigenvalue weighted by atomic mass is 16.6. The fraction of sp³-hybridized carbons (Fsp3) is 0.529. The largest absolute Gasteiger partial charge is 0.461 e. The quantitative estimate of drug-likeness (QED) is 0.465. The van der Waals surface area contributed by atoms with Gasteiger partial charge in [-0.1, -0.05) is 12.1 Å². The number of nitro groups is 1. The third-order valence-electron chi connectivity index (χ3n) is 4.98. The number of hydrogen-bond acceptors (Lipinski definition) is 7. The lowest BCUT2D eigenvalue weighted by Gasteiger charge is -2.36. The van der Waals surface area contributed by atoms with Crippen LogP contribution in [-0.4, -0.2) is 53.1 Å². The molecule has 8 nitrogen and oxygen atoms in total. The number of nitro benzene ring substituents is 1. The summed E-state index contributed by atoms with van der Waals surface area (Å²) in [5.74, 6) is -1.01. The number of benzene rings is 1. The van der Waals surface area contributed by atoms with Crippen molar-refractivity contribution in [1.82, 2.24) is 4.90 Å². The van der Waals surface area contributed by atoms with Crippen LogP contribution >= 0.6 is 0 Å².